The van der Waals surface area contributed by atoms with Crippen LogP contribution in [0.15, 0.2) is 53.6 Å². The molecule has 1 heterocycles. The van der Waals surface area contributed by atoms with Crippen LogP contribution < -0.4 is 5.14 Å². The zero-order valence-corrected chi connectivity index (χ0v) is 13.1. The van der Waals surface area contributed by atoms with Crippen molar-refractivity contribution in [3.63, 3.8) is 0 Å². The summed E-state index contributed by atoms with van der Waals surface area (Å²) in [7, 11) is -3.90. The van der Waals surface area contributed by atoms with Gasteiger partial charge in [0.2, 0.25) is 10.0 Å². The number of nitrogens with zero attached hydrogens (tertiary/aromatic N) is 1. The minimum Gasteiger partial charge on any atom is -0.277 e. The van der Waals surface area contributed by atoms with E-state index in [1.54, 1.807) is 37.3 Å². The molecule has 5 nitrogen and oxygen atoms in total. The van der Waals surface area contributed by atoms with E-state index in [-0.39, 0.29) is 10.7 Å². The first kappa shape index (κ1) is 15.4. The van der Waals surface area contributed by atoms with Gasteiger partial charge in [0.1, 0.15) is 5.82 Å². The molecule has 3 aromatic rings. The Labute approximate surface area is 133 Å². The second kappa shape index (κ2) is 5.60. The van der Waals surface area contributed by atoms with Gasteiger partial charge in [-0.1, -0.05) is 30.3 Å². The molecule has 7 heteroatoms. The van der Waals surface area contributed by atoms with Crippen LogP contribution >= 0.6 is 0 Å². The minimum atomic E-state index is -3.90. The van der Waals surface area contributed by atoms with Crippen LogP contribution in [0.3, 0.4) is 0 Å². The second-order valence-corrected chi connectivity index (χ2v) is 6.69. The maximum absolute atomic E-state index is 13.8. The third kappa shape index (κ3) is 2.88. The summed E-state index contributed by atoms with van der Waals surface area (Å²) in [6.07, 6.45) is 1.53. The van der Waals surface area contributed by atoms with Gasteiger partial charge in [0.05, 0.1) is 16.8 Å². The maximum atomic E-state index is 13.8. The van der Waals surface area contributed by atoms with E-state index in [9.17, 15) is 12.8 Å². The van der Waals surface area contributed by atoms with Crippen molar-refractivity contribution < 1.29 is 12.8 Å². The van der Waals surface area contributed by atoms with Crippen LogP contribution in [-0.4, -0.2) is 18.6 Å². The lowest BCUT2D eigenvalue weighted by Crippen LogP contribution is -2.13. The summed E-state index contributed by atoms with van der Waals surface area (Å²) >= 11 is 0. The van der Waals surface area contributed by atoms with Gasteiger partial charge >= 0.3 is 0 Å². The molecule has 0 aliphatic heterocycles. The molecule has 2 aromatic carbocycles. The van der Waals surface area contributed by atoms with E-state index in [1.807, 2.05) is 0 Å². The van der Waals surface area contributed by atoms with Crippen molar-refractivity contribution in [3.8, 4) is 22.4 Å². The Morgan fingerprint density at radius 3 is 2.57 bits per heavy atom. The Balaban J connectivity index is 2.22. The summed E-state index contributed by atoms with van der Waals surface area (Å²) in [5.41, 5.74) is 2.59. The Bertz CT molecular complexity index is 980. The molecule has 1 aromatic heterocycles. The summed E-state index contributed by atoms with van der Waals surface area (Å²) in [4.78, 5) is -0.0157. The molecule has 3 rings (SSSR count). The molecule has 23 heavy (non-hydrogen) atoms. The van der Waals surface area contributed by atoms with Crippen LogP contribution in [0.1, 0.15) is 5.56 Å². The number of nitrogens with one attached hydrogen (secondary N) is 1. The third-order valence-corrected chi connectivity index (χ3v) is 4.55. The van der Waals surface area contributed by atoms with E-state index in [0.29, 0.717) is 27.9 Å². The van der Waals surface area contributed by atoms with Gasteiger partial charge in [-0.25, -0.2) is 17.9 Å². The van der Waals surface area contributed by atoms with Crippen molar-refractivity contribution in [2.45, 2.75) is 11.8 Å². The third-order valence-electron chi connectivity index (χ3n) is 3.59. The van der Waals surface area contributed by atoms with Gasteiger partial charge in [-0.3, -0.25) is 5.10 Å². The molecule has 0 radical (unpaired) electrons. The summed E-state index contributed by atoms with van der Waals surface area (Å²) in [5.74, 6) is -0.339. The van der Waals surface area contributed by atoms with Crippen molar-refractivity contribution in [3.05, 3.63) is 60.0 Å². The fraction of sp³-hybridized carbons (Fsp3) is 0.0625. The fourth-order valence-corrected chi connectivity index (χ4v) is 3.14. The highest BCUT2D eigenvalue weighted by atomic mass is 32.2. The number of rotatable bonds is 3. The van der Waals surface area contributed by atoms with Gasteiger partial charge in [0, 0.05) is 11.1 Å². The minimum absolute atomic E-state index is 0.0157. The predicted molar refractivity (Wildman–Crippen MR) is 85.5 cm³/mol. The van der Waals surface area contributed by atoms with E-state index < -0.39 is 10.0 Å². The van der Waals surface area contributed by atoms with E-state index in [1.165, 1.54) is 18.3 Å². The summed E-state index contributed by atoms with van der Waals surface area (Å²) in [5, 5.41) is 12.0. The predicted octanol–water partition coefficient (Wildman–Crippen LogP) is 2.84. The summed E-state index contributed by atoms with van der Waals surface area (Å²) < 4.78 is 37.4. The zero-order valence-electron chi connectivity index (χ0n) is 12.2. The standard InChI is InChI=1S/C16H14FN3O2S/c1-10-6-7-11(8-14(10)17)13-9-19-20-16(13)12-4-2-3-5-15(12)23(18,21)22/h2-9H,1H3,(H,19,20)(H2,18,21,22). The van der Waals surface area contributed by atoms with E-state index in [2.05, 4.69) is 10.2 Å². The van der Waals surface area contributed by atoms with Crippen molar-refractivity contribution in [2.75, 3.05) is 0 Å². The van der Waals surface area contributed by atoms with Gasteiger partial charge in [-0.2, -0.15) is 5.10 Å². The molecule has 3 N–H and O–H groups in total. The molecule has 0 aliphatic rings. The van der Waals surface area contributed by atoms with Crippen molar-refractivity contribution >= 4 is 10.0 Å². The van der Waals surface area contributed by atoms with Crippen molar-refractivity contribution in [2.24, 2.45) is 5.14 Å². The number of nitrogens with two attached hydrogens (primary N) is 1. The van der Waals surface area contributed by atoms with Crippen LogP contribution in [0.4, 0.5) is 4.39 Å². The largest absolute Gasteiger partial charge is 0.277 e. The molecule has 0 saturated carbocycles. The number of aryl methyl sites for hydroxylation is 1. The highest BCUT2D eigenvalue weighted by Gasteiger charge is 2.19. The van der Waals surface area contributed by atoms with Crippen molar-refractivity contribution in [1.82, 2.24) is 10.2 Å². The lowest BCUT2D eigenvalue weighted by atomic mass is 10.0. The molecule has 0 spiro atoms. The number of aromatic amines is 1. The molecule has 0 fully saturated rings. The molecule has 0 amide bonds. The lowest BCUT2D eigenvalue weighted by Gasteiger charge is -2.09. The quantitative estimate of drug-likeness (QED) is 0.773. The van der Waals surface area contributed by atoms with Crippen LogP contribution in [0.5, 0.6) is 0 Å². The number of aromatic nitrogens is 2. The van der Waals surface area contributed by atoms with Crippen LogP contribution in [0.2, 0.25) is 0 Å². The highest BCUT2D eigenvalue weighted by Crippen LogP contribution is 2.34. The topological polar surface area (TPSA) is 88.8 Å². The number of primary sulfonamides is 1. The second-order valence-electron chi connectivity index (χ2n) is 5.16. The molecule has 0 saturated heterocycles. The van der Waals surface area contributed by atoms with Gasteiger partial charge in [-0.15, -0.1) is 0 Å². The number of halogens is 1. The normalized spacial score (nSPS) is 11.6. The smallest absolute Gasteiger partial charge is 0.238 e. The molecule has 0 unspecified atom stereocenters. The number of benzene rings is 2. The number of hydrogen-bond acceptors (Lipinski definition) is 3. The highest BCUT2D eigenvalue weighted by molar-refractivity contribution is 7.89. The number of hydrogen-bond donors (Lipinski definition) is 2. The molecular formula is C16H14FN3O2S. The molecule has 0 bridgehead atoms. The summed E-state index contributed by atoms with van der Waals surface area (Å²) in [6, 6.07) is 11.1. The maximum Gasteiger partial charge on any atom is 0.238 e. The number of H-pyrrole nitrogens is 1. The van der Waals surface area contributed by atoms with Crippen LogP contribution in [0.25, 0.3) is 22.4 Å². The Kier molecular flexibility index (Phi) is 3.75. The first-order chi connectivity index (χ1) is 10.9. The first-order valence-electron chi connectivity index (χ1n) is 6.80. The van der Waals surface area contributed by atoms with Crippen LogP contribution in [-0.2, 0) is 10.0 Å². The van der Waals surface area contributed by atoms with Gasteiger partial charge in [0.25, 0.3) is 0 Å². The van der Waals surface area contributed by atoms with Gasteiger partial charge < -0.3 is 0 Å². The zero-order chi connectivity index (χ0) is 16.6. The van der Waals surface area contributed by atoms with E-state index >= 15 is 0 Å². The first-order valence-corrected chi connectivity index (χ1v) is 8.34. The lowest BCUT2D eigenvalue weighted by molar-refractivity contribution is 0.598. The summed E-state index contributed by atoms with van der Waals surface area (Å²) in [6.45, 7) is 1.67. The Morgan fingerprint density at radius 1 is 1.13 bits per heavy atom. The molecule has 118 valence electrons. The van der Waals surface area contributed by atoms with Crippen molar-refractivity contribution in [1.29, 1.82) is 0 Å². The molecular weight excluding hydrogens is 317 g/mol. The van der Waals surface area contributed by atoms with Gasteiger partial charge in [0.15, 0.2) is 0 Å². The molecule has 0 atom stereocenters. The van der Waals surface area contributed by atoms with E-state index in [4.69, 9.17) is 5.14 Å². The monoisotopic (exact) mass is 331 g/mol. The van der Waals surface area contributed by atoms with Gasteiger partial charge in [-0.05, 0) is 30.2 Å². The molecule has 0 aliphatic carbocycles. The number of sulfonamides is 1. The SMILES string of the molecule is Cc1ccc(-c2cn[nH]c2-c2ccccc2S(N)(=O)=O)cc1F. The fourth-order valence-electron chi connectivity index (χ4n) is 2.39. The van der Waals surface area contributed by atoms with E-state index in [0.717, 1.165) is 0 Å². The Morgan fingerprint density at radius 2 is 1.87 bits per heavy atom. The Hall–Kier alpha value is -2.51. The van der Waals surface area contributed by atoms with Crippen LogP contribution in [0, 0.1) is 12.7 Å². The average molecular weight is 331 g/mol. The average Bonchev–Trinajstić information content (AvgIpc) is 2.98.